The number of hydrogen-bond donors (Lipinski definition) is 1. The van der Waals surface area contributed by atoms with Gasteiger partial charge in [0, 0.05) is 12.4 Å². The minimum Gasteiger partial charge on any atom is -0.480 e. The summed E-state index contributed by atoms with van der Waals surface area (Å²) in [6, 6.07) is 20.3. The van der Waals surface area contributed by atoms with Gasteiger partial charge in [0.25, 0.3) is 5.91 Å². The van der Waals surface area contributed by atoms with Crippen molar-refractivity contribution in [3.05, 3.63) is 84.8 Å². The molecule has 0 aliphatic rings. The van der Waals surface area contributed by atoms with Crippen LogP contribution in [0.5, 0.6) is 17.2 Å². The number of anilines is 1. The minimum absolute atomic E-state index is 0.134. The Balaban J connectivity index is 1.44. The van der Waals surface area contributed by atoms with Crippen molar-refractivity contribution in [3.8, 4) is 17.2 Å². The van der Waals surface area contributed by atoms with Crippen LogP contribution in [0.3, 0.4) is 0 Å². The van der Waals surface area contributed by atoms with E-state index in [4.69, 9.17) is 9.47 Å². The van der Waals surface area contributed by atoms with E-state index in [2.05, 4.69) is 10.3 Å². The van der Waals surface area contributed by atoms with E-state index < -0.39 is 0 Å². The second kappa shape index (κ2) is 7.84. The lowest BCUT2D eigenvalue weighted by Gasteiger charge is -2.12. The molecule has 0 saturated carbocycles. The van der Waals surface area contributed by atoms with Gasteiger partial charge >= 0.3 is 0 Å². The number of benzene rings is 2. The summed E-state index contributed by atoms with van der Waals surface area (Å²) in [5.41, 5.74) is 2.14. The number of carbonyl (C=O) groups is 1. The average molecular weight is 373 g/mol. The smallest absolute Gasteiger partial charge is 0.262 e. The second-order valence-electron chi connectivity index (χ2n) is 6.23. The van der Waals surface area contributed by atoms with Crippen LogP contribution in [0.25, 0.3) is 5.65 Å². The number of amides is 1. The van der Waals surface area contributed by atoms with Crippen LogP contribution in [-0.2, 0) is 4.79 Å². The molecule has 0 atom stereocenters. The van der Waals surface area contributed by atoms with Gasteiger partial charge < -0.3 is 19.2 Å². The number of nitrogens with one attached hydrogen (secondary N) is 1. The van der Waals surface area contributed by atoms with Gasteiger partial charge in [0.05, 0.1) is 11.4 Å². The number of rotatable bonds is 6. The normalized spacial score (nSPS) is 10.6. The predicted molar refractivity (Wildman–Crippen MR) is 107 cm³/mol. The van der Waals surface area contributed by atoms with Crippen LogP contribution in [0.2, 0.25) is 0 Å². The molecule has 140 valence electrons. The highest BCUT2D eigenvalue weighted by molar-refractivity contribution is 5.93. The van der Waals surface area contributed by atoms with Crippen molar-refractivity contribution in [2.45, 2.75) is 6.92 Å². The third-order valence-electron chi connectivity index (χ3n) is 4.06. The maximum Gasteiger partial charge on any atom is 0.262 e. The molecule has 28 heavy (non-hydrogen) atoms. The molecule has 0 fully saturated rings. The Bertz CT molecular complexity index is 1110. The highest BCUT2D eigenvalue weighted by Crippen LogP contribution is 2.29. The number of imidazole rings is 1. The van der Waals surface area contributed by atoms with Crippen molar-refractivity contribution in [1.29, 1.82) is 0 Å². The molecule has 6 nitrogen and oxygen atoms in total. The number of nitrogens with zero attached hydrogens (tertiary/aromatic N) is 2. The first-order chi connectivity index (χ1) is 13.7. The van der Waals surface area contributed by atoms with Crippen LogP contribution < -0.4 is 14.8 Å². The van der Waals surface area contributed by atoms with Crippen LogP contribution in [0, 0.1) is 6.92 Å². The summed E-state index contributed by atoms with van der Waals surface area (Å²) in [6.07, 6.45) is 3.79. The van der Waals surface area contributed by atoms with Crippen LogP contribution in [0.4, 0.5) is 5.69 Å². The van der Waals surface area contributed by atoms with Crippen molar-refractivity contribution in [2.75, 3.05) is 11.9 Å². The lowest BCUT2D eigenvalue weighted by atomic mass is 10.3. The molecule has 4 aromatic rings. The highest BCUT2D eigenvalue weighted by atomic mass is 16.5. The fourth-order valence-corrected chi connectivity index (χ4v) is 2.83. The Kier molecular flexibility index (Phi) is 4.93. The lowest BCUT2D eigenvalue weighted by molar-refractivity contribution is -0.118. The van der Waals surface area contributed by atoms with E-state index in [-0.39, 0.29) is 12.5 Å². The maximum absolute atomic E-state index is 12.4. The van der Waals surface area contributed by atoms with Crippen LogP contribution in [0.1, 0.15) is 5.69 Å². The fourth-order valence-electron chi connectivity index (χ4n) is 2.83. The van der Waals surface area contributed by atoms with Gasteiger partial charge in [0.15, 0.2) is 23.8 Å². The molecule has 0 bridgehead atoms. The predicted octanol–water partition coefficient (Wildman–Crippen LogP) is 4.45. The summed E-state index contributed by atoms with van der Waals surface area (Å²) in [4.78, 5) is 16.8. The summed E-state index contributed by atoms with van der Waals surface area (Å²) < 4.78 is 13.4. The molecule has 6 heteroatoms. The number of carbonyl (C=O) groups excluding carboxylic acids is 1. The van der Waals surface area contributed by atoms with E-state index >= 15 is 0 Å². The van der Waals surface area contributed by atoms with Crippen LogP contribution >= 0.6 is 0 Å². The van der Waals surface area contributed by atoms with Gasteiger partial charge in [0.2, 0.25) is 0 Å². The van der Waals surface area contributed by atoms with Crippen LogP contribution in [-0.4, -0.2) is 21.9 Å². The summed E-state index contributed by atoms with van der Waals surface area (Å²) in [6.45, 7) is 1.78. The van der Waals surface area contributed by atoms with Crippen molar-refractivity contribution >= 4 is 17.2 Å². The summed E-state index contributed by atoms with van der Waals surface area (Å²) >= 11 is 0. The molecule has 1 N–H and O–H groups in total. The number of aromatic nitrogens is 2. The van der Waals surface area contributed by atoms with Crippen molar-refractivity contribution in [2.24, 2.45) is 0 Å². The van der Waals surface area contributed by atoms with E-state index in [1.807, 2.05) is 72.2 Å². The standard InChI is InChI=1S/C22H19N3O3/c1-16-14-25-13-7-12-20(22(25)23-16)27-15-21(26)24-18-10-5-6-11-19(18)28-17-8-3-2-4-9-17/h2-14H,15H2,1H3,(H,24,26). The number of fused-ring (bicyclic) bond motifs is 1. The van der Waals surface area contributed by atoms with E-state index in [9.17, 15) is 4.79 Å². The second-order valence-corrected chi connectivity index (χ2v) is 6.23. The number of aryl methyl sites for hydroxylation is 1. The third-order valence-corrected chi connectivity index (χ3v) is 4.06. The fraction of sp³-hybridized carbons (Fsp3) is 0.0909. The number of pyridine rings is 1. The Labute approximate surface area is 162 Å². The molecule has 4 rings (SSSR count). The van der Waals surface area contributed by atoms with Crippen molar-refractivity contribution in [1.82, 2.24) is 9.38 Å². The molecule has 0 aliphatic heterocycles. The molecule has 0 aliphatic carbocycles. The van der Waals surface area contributed by atoms with Gasteiger partial charge in [0.1, 0.15) is 5.75 Å². The molecule has 0 spiro atoms. The molecule has 2 aromatic carbocycles. The zero-order valence-corrected chi connectivity index (χ0v) is 15.3. The van der Waals surface area contributed by atoms with Crippen molar-refractivity contribution < 1.29 is 14.3 Å². The number of hydrogen-bond acceptors (Lipinski definition) is 4. The zero-order valence-electron chi connectivity index (χ0n) is 15.3. The number of ether oxygens (including phenoxy) is 2. The van der Waals surface area contributed by atoms with Gasteiger partial charge in [-0.15, -0.1) is 0 Å². The maximum atomic E-state index is 12.4. The van der Waals surface area contributed by atoms with Gasteiger partial charge in [-0.3, -0.25) is 4.79 Å². The Hall–Kier alpha value is -3.80. The van der Waals surface area contributed by atoms with E-state index in [0.29, 0.717) is 28.6 Å². The molecule has 0 saturated heterocycles. The third kappa shape index (κ3) is 3.96. The largest absolute Gasteiger partial charge is 0.480 e. The van der Waals surface area contributed by atoms with E-state index in [1.54, 1.807) is 18.2 Å². The Morgan fingerprint density at radius 3 is 2.61 bits per heavy atom. The van der Waals surface area contributed by atoms with E-state index in [0.717, 1.165) is 5.69 Å². The van der Waals surface area contributed by atoms with Gasteiger partial charge in [-0.2, -0.15) is 0 Å². The van der Waals surface area contributed by atoms with Crippen LogP contribution in [0.15, 0.2) is 79.1 Å². The molecule has 0 radical (unpaired) electrons. The zero-order chi connectivity index (χ0) is 19.3. The molecule has 2 heterocycles. The Morgan fingerprint density at radius 2 is 1.75 bits per heavy atom. The lowest BCUT2D eigenvalue weighted by Crippen LogP contribution is -2.20. The molecule has 0 unspecified atom stereocenters. The molecular formula is C22H19N3O3. The Morgan fingerprint density at radius 1 is 1.00 bits per heavy atom. The molecule has 1 amide bonds. The molecular weight excluding hydrogens is 354 g/mol. The summed E-state index contributed by atoms with van der Waals surface area (Å²) in [5, 5.41) is 2.84. The van der Waals surface area contributed by atoms with Crippen molar-refractivity contribution in [3.63, 3.8) is 0 Å². The SMILES string of the molecule is Cc1cn2cccc(OCC(=O)Nc3ccccc3Oc3ccccc3)c2n1. The van der Waals surface area contributed by atoms with Gasteiger partial charge in [-0.25, -0.2) is 4.98 Å². The van der Waals surface area contributed by atoms with Gasteiger partial charge in [-0.05, 0) is 43.3 Å². The topological polar surface area (TPSA) is 64.9 Å². The quantitative estimate of drug-likeness (QED) is 0.542. The molecule has 2 aromatic heterocycles. The highest BCUT2D eigenvalue weighted by Gasteiger charge is 2.11. The summed E-state index contributed by atoms with van der Waals surface area (Å²) in [5.74, 6) is 1.53. The first-order valence-corrected chi connectivity index (χ1v) is 8.88. The first-order valence-electron chi connectivity index (χ1n) is 8.88. The summed E-state index contributed by atoms with van der Waals surface area (Å²) in [7, 11) is 0. The number of para-hydroxylation sites is 3. The minimum atomic E-state index is -0.283. The van der Waals surface area contributed by atoms with Gasteiger partial charge in [-0.1, -0.05) is 30.3 Å². The monoisotopic (exact) mass is 373 g/mol. The average Bonchev–Trinajstić information content (AvgIpc) is 3.09. The first kappa shape index (κ1) is 17.6. The van der Waals surface area contributed by atoms with E-state index in [1.165, 1.54) is 0 Å².